The van der Waals surface area contributed by atoms with Crippen LogP contribution in [-0.4, -0.2) is 64.0 Å². The first-order valence-corrected chi connectivity index (χ1v) is 13.4. The number of aryl methyl sites for hydroxylation is 1. The van der Waals surface area contributed by atoms with Gasteiger partial charge in [-0.1, -0.05) is 6.07 Å². The van der Waals surface area contributed by atoms with Gasteiger partial charge >= 0.3 is 24.4 Å². The van der Waals surface area contributed by atoms with Gasteiger partial charge in [-0.05, 0) is 93.6 Å². The monoisotopic (exact) mass is 603 g/mol. The number of piperidine rings is 1. The van der Waals surface area contributed by atoms with Gasteiger partial charge in [0.15, 0.2) is 0 Å². The average Bonchev–Trinajstić information content (AvgIpc) is 3.21. The van der Waals surface area contributed by atoms with Crippen LogP contribution in [0.25, 0.3) is 0 Å². The van der Waals surface area contributed by atoms with Gasteiger partial charge in [-0.15, -0.1) is 0 Å². The third-order valence-electron chi connectivity index (χ3n) is 8.96. The molecular weight excluding hydrogens is 571 g/mol. The Morgan fingerprint density at radius 1 is 1.02 bits per heavy atom. The molecule has 1 N–H and O–H groups in total. The van der Waals surface area contributed by atoms with Crippen LogP contribution in [0.5, 0.6) is 0 Å². The number of carboxylic acids is 1. The number of halogens is 7. The predicted molar refractivity (Wildman–Crippen MR) is 139 cm³/mol. The quantitative estimate of drug-likeness (QED) is 0.381. The smallest absolute Gasteiger partial charge is 0.416 e. The first-order chi connectivity index (χ1) is 19.4. The van der Waals surface area contributed by atoms with Crippen molar-refractivity contribution in [2.24, 2.45) is 0 Å². The molecule has 0 radical (unpaired) electrons. The fourth-order valence-electron chi connectivity index (χ4n) is 6.33. The summed E-state index contributed by atoms with van der Waals surface area (Å²) in [5.74, 6) is -1.45. The Morgan fingerprint density at radius 3 is 2.12 bits per heavy atom. The molecule has 0 aliphatic carbocycles. The number of likely N-dealkylation sites (N-methyl/N-ethyl adjacent to an activating group) is 1. The van der Waals surface area contributed by atoms with Crippen LogP contribution >= 0.6 is 0 Å². The number of likely N-dealkylation sites (tertiary alicyclic amines) is 2. The number of hydrogen-bond donors (Lipinski definition) is 1. The number of aliphatic carboxylic acids is 1. The van der Waals surface area contributed by atoms with Crippen molar-refractivity contribution in [3.63, 3.8) is 0 Å². The maximum atomic E-state index is 14.0. The van der Waals surface area contributed by atoms with Gasteiger partial charge in [0.25, 0.3) is 0 Å². The number of benzene rings is 2. The summed E-state index contributed by atoms with van der Waals surface area (Å²) >= 11 is 0. The Morgan fingerprint density at radius 2 is 1.62 bits per heavy atom. The standard InChI is InChI=1S/C29H32F7N3O3/c1-16-11-21(30)5-6-22(16)24-15-27(8-7-23(25(40)41)38(27)4)9-10-39(24)26(42)37(3)17(2)18-12-19(28(31,32)33)14-20(13-18)29(34,35)36/h5-6,11-14,17,23-24H,7-10,15H2,1-4H3,(H,40,41)/t17-,23-,24+,27-/m0/s1. The normalized spacial score (nSPS) is 24.2. The van der Waals surface area contributed by atoms with Gasteiger partial charge in [-0.2, -0.15) is 26.3 Å². The summed E-state index contributed by atoms with van der Waals surface area (Å²) in [4.78, 5) is 30.1. The van der Waals surface area contributed by atoms with E-state index in [1.807, 2.05) is 0 Å². The molecule has 2 aliphatic rings. The zero-order chi connectivity index (χ0) is 31.4. The maximum absolute atomic E-state index is 14.0. The number of carbonyl (C=O) groups excluding carboxylic acids is 1. The summed E-state index contributed by atoms with van der Waals surface area (Å²) in [6.07, 6.45) is -8.40. The van der Waals surface area contributed by atoms with Crippen molar-refractivity contribution in [2.45, 2.75) is 75.5 Å². The summed E-state index contributed by atoms with van der Waals surface area (Å²) in [7, 11) is 3.03. The van der Waals surface area contributed by atoms with Crippen LogP contribution in [0.15, 0.2) is 36.4 Å². The Balaban J connectivity index is 1.70. The molecule has 0 aromatic heterocycles. The number of amides is 2. The molecule has 2 saturated heterocycles. The molecule has 13 heteroatoms. The van der Waals surface area contributed by atoms with E-state index in [4.69, 9.17) is 0 Å². The van der Waals surface area contributed by atoms with Gasteiger partial charge < -0.3 is 14.9 Å². The second-order valence-electron chi connectivity index (χ2n) is 11.3. The zero-order valence-corrected chi connectivity index (χ0v) is 23.5. The largest absolute Gasteiger partial charge is 0.480 e. The van der Waals surface area contributed by atoms with Crippen LogP contribution in [0, 0.1) is 12.7 Å². The molecule has 2 heterocycles. The summed E-state index contributed by atoms with van der Waals surface area (Å²) in [6, 6.07) is 2.19. The fraction of sp³-hybridized carbons (Fsp3) is 0.517. The van der Waals surface area contributed by atoms with Gasteiger partial charge in [-0.3, -0.25) is 9.69 Å². The highest BCUT2D eigenvalue weighted by Gasteiger charge is 2.52. The van der Waals surface area contributed by atoms with Crippen LogP contribution in [0.4, 0.5) is 35.5 Å². The number of carboxylic acid groups (broad SMARTS) is 1. The SMILES string of the molecule is Cc1cc(F)ccc1[C@H]1C[C@]2(CC[C@@H](C(=O)O)N2C)CCN1C(=O)N(C)[C@@H](C)c1cc(C(F)(F)F)cc(C(F)(F)F)c1. The molecule has 0 bridgehead atoms. The summed E-state index contributed by atoms with van der Waals surface area (Å²) < 4.78 is 94.9. The number of hydrogen-bond acceptors (Lipinski definition) is 3. The van der Waals surface area contributed by atoms with E-state index in [-0.39, 0.29) is 18.2 Å². The van der Waals surface area contributed by atoms with Crippen molar-refractivity contribution < 1.29 is 45.4 Å². The van der Waals surface area contributed by atoms with Crippen molar-refractivity contribution >= 4 is 12.0 Å². The van der Waals surface area contributed by atoms with E-state index in [0.717, 1.165) is 4.90 Å². The lowest BCUT2D eigenvalue weighted by Gasteiger charge is -2.50. The highest BCUT2D eigenvalue weighted by atomic mass is 19.4. The third-order valence-corrected chi connectivity index (χ3v) is 8.96. The number of nitrogens with zero attached hydrogens (tertiary/aromatic N) is 3. The van der Waals surface area contributed by atoms with Crippen LogP contribution in [0.1, 0.15) is 72.5 Å². The van der Waals surface area contributed by atoms with Crippen molar-refractivity contribution in [3.8, 4) is 0 Å². The lowest BCUT2D eigenvalue weighted by molar-refractivity contribution is -0.144. The zero-order valence-electron chi connectivity index (χ0n) is 23.5. The number of alkyl halides is 6. The Kier molecular flexibility index (Phi) is 8.31. The number of carbonyl (C=O) groups is 2. The van der Waals surface area contributed by atoms with Crippen LogP contribution in [0.3, 0.4) is 0 Å². The minimum atomic E-state index is -5.04. The topological polar surface area (TPSA) is 64.1 Å². The molecule has 0 unspecified atom stereocenters. The van der Waals surface area contributed by atoms with Gasteiger partial charge in [0.2, 0.25) is 0 Å². The summed E-state index contributed by atoms with van der Waals surface area (Å²) in [5, 5.41) is 9.68. The molecule has 2 aromatic carbocycles. The lowest BCUT2D eigenvalue weighted by Crippen LogP contribution is -2.57. The second kappa shape index (κ2) is 11.1. The molecule has 2 amide bonds. The van der Waals surface area contributed by atoms with E-state index >= 15 is 0 Å². The number of rotatable bonds is 4. The van der Waals surface area contributed by atoms with Crippen LogP contribution < -0.4 is 0 Å². The molecule has 1 spiro atoms. The van der Waals surface area contributed by atoms with Gasteiger partial charge in [0.1, 0.15) is 11.9 Å². The molecule has 4 atom stereocenters. The molecule has 2 fully saturated rings. The highest BCUT2D eigenvalue weighted by molar-refractivity contribution is 5.76. The van der Waals surface area contributed by atoms with E-state index in [1.54, 1.807) is 24.9 Å². The number of urea groups is 1. The van der Waals surface area contributed by atoms with E-state index in [9.17, 15) is 45.4 Å². The second-order valence-corrected chi connectivity index (χ2v) is 11.3. The van der Waals surface area contributed by atoms with Crippen molar-refractivity contribution in [3.05, 3.63) is 70.0 Å². The first-order valence-electron chi connectivity index (χ1n) is 13.4. The molecule has 4 rings (SSSR count). The van der Waals surface area contributed by atoms with Gasteiger partial charge in [0, 0.05) is 19.1 Å². The van der Waals surface area contributed by atoms with Crippen molar-refractivity contribution in [2.75, 3.05) is 20.6 Å². The van der Waals surface area contributed by atoms with E-state index < -0.39 is 65.0 Å². The Bertz CT molecular complexity index is 1330. The van der Waals surface area contributed by atoms with E-state index in [1.165, 1.54) is 31.0 Å². The van der Waals surface area contributed by atoms with Crippen molar-refractivity contribution in [1.82, 2.24) is 14.7 Å². The van der Waals surface area contributed by atoms with Crippen LogP contribution in [-0.2, 0) is 17.1 Å². The lowest BCUT2D eigenvalue weighted by atomic mass is 9.78. The Hall–Kier alpha value is -3.35. The fourth-order valence-corrected chi connectivity index (χ4v) is 6.33. The molecule has 230 valence electrons. The molecule has 6 nitrogen and oxygen atoms in total. The van der Waals surface area contributed by atoms with E-state index in [0.29, 0.717) is 48.9 Å². The first kappa shape index (κ1) is 31.6. The third kappa shape index (κ3) is 5.93. The van der Waals surface area contributed by atoms with E-state index in [2.05, 4.69) is 0 Å². The van der Waals surface area contributed by atoms with Crippen molar-refractivity contribution in [1.29, 1.82) is 0 Å². The summed E-state index contributed by atoms with van der Waals surface area (Å²) in [5.41, 5.74) is -2.69. The van der Waals surface area contributed by atoms with Gasteiger partial charge in [-0.25, -0.2) is 9.18 Å². The molecule has 2 aromatic rings. The summed E-state index contributed by atoms with van der Waals surface area (Å²) in [6.45, 7) is 3.16. The average molecular weight is 604 g/mol. The molecule has 42 heavy (non-hydrogen) atoms. The van der Waals surface area contributed by atoms with Gasteiger partial charge in [0.05, 0.1) is 23.2 Å². The minimum absolute atomic E-state index is 0.0396. The molecule has 0 saturated carbocycles. The molecule has 2 aliphatic heterocycles. The molecular formula is C29H32F7N3O3. The van der Waals surface area contributed by atoms with Crippen LogP contribution in [0.2, 0.25) is 0 Å². The maximum Gasteiger partial charge on any atom is 0.416 e. The predicted octanol–water partition coefficient (Wildman–Crippen LogP) is 7.04. The highest BCUT2D eigenvalue weighted by Crippen LogP contribution is 2.48. The minimum Gasteiger partial charge on any atom is -0.480 e. The Labute approximate surface area is 238 Å².